The Bertz CT molecular complexity index is 1070. The van der Waals surface area contributed by atoms with Gasteiger partial charge in [0.15, 0.2) is 0 Å². The fourth-order valence-electron chi connectivity index (χ4n) is 3.61. The first kappa shape index (κ1) is 23.5. The summed E-state index contributed by atoms with van der Waals surface area (Å²) >= 11 is 0. The molecule has 1 aliphatic carbocycles. The fraction of sp³-hybridized carbons (Fsp3) is 0.385. The number of halogens is 1. The van der Waals surface area contributed by atoms with Crippen molar-refractivity contribution in [1.82, 2.24) is 4.98 Å². The summed E-state index contributed by atoms with van der Waals surface area (Å²) in [6, 6.07) is 11.4. The molecule has 0 atom stereocenters. The maximum Gasteiger partial charge on any atom is 0.302 e. The Labute approximate surface area is 188 Å². The highest BCUT2D eigenvalue weighted by Crippen LogP contribution is 2.27. The molecule has 1 aromatic heterocycles. The number of ether oxygens (including phenoxy) is 2. The van der Waals surface area contributed by atoms with Crippen molar-refractivity contribution in [1.29, 1.82) is 0 Å². The third-order valence-corrected chi connectivity index (χ3v) is 5.33. The number of aryl methyl sites for hydroxylation is 4. The van der Waals surface area contributed by atoms with E-state index in [1.807, 2.05) is 19.1 Å². The number of carbonyl (C=O) groups excluding carboxylic acids is 1. The van der Waals surface area contributed by atoms with Crippen LogP contribution in [0.25, 0.3) is 11.5 Å². The number of hydrogen-bond donors (Lipinski definition) is 0. The van der Waals surface area contributed by atoms with E-state index < -0.39 is 0 Å². The number of rotatable bonds is 6. The summed E-state index contributed by atoms with van der Waals surface area (Å²) in [6.07, 6.45) is 4.18. The lowest BCUT2D eigenvalue weighted by Gasteiger charge is -2.07. The zero-order chi connectivity index (χ0) is 23.1. The second-order valence-electron chi connectivity index (χ2n) is 7.80. The lowest BCUT2D eigenvalue weighted by molar-refractivity contribution is -0.140. The second kappa shape index (κ2) is 10.9. The van der Waals surface area contributed by atoms with Crippen molar-refractivity contribution in [2.75, 3.05) is 13.2 Å². The largest absolute Gasteiger partial charge is 0.493 e. The highest BCUT2D eigenvalue weighted by Gasteiger charge is 2.14. The average molecular weight is 440 g/mol. The first-order valence-corrected chi connectivity index (χ1v) is 11.0. The molecule has 170 valence electrons. The van der Waals surface area contributed by atoms with Crippen molar-refractivity contribution < 1.29 is 23.1 Å². The maximum atomic E-state index is 13.8. The number of fused-ring (bicyclic) bond motifs is 1. The summed E-state index contributed by atoms with van der Waals surface area (Å²) in [5, 5.41) is 0. The van der Waals surface area contributed by atoms with Gasteiger partial charge in [0, 0.05) is 18.9 Å². The molecule has 0 fully saturated rings. The summed E-state index contributed by atoms with van der Waals surface area (Å²) in [7, 11) is 0. The molecule has 4 rings (SSSR count). The Morgan fingerprint density at radius 2 is 1.91 bits per heavy atom. The number of benzene rings is 2. The zero-order valence-electron chi connectivity index (χ0n) is 19.2. The van der Waals surface area contributed by atoms with Crippen LogP contribution in [0.1, 0.15) is 48.4 Å². The average Bonchev–Trinajstić information content (AvgIpc) is 3.37. The quantitative estimate of drug-likeness (QED) is 0.456. The standard InChI is InChI=1S/C22H22FNO2.C4H8O2/c1-14-6-7-18(13-20(14)23)22-24-15(2)21(26-22)10-11-25-19-9-8-16-4-3-5-17(16)12-19;1-3-6-4(2)5/h6-9,12-13H,3-5,10-11H2,1-2H3;3H2,1-2H3. The molecule has 0 aliphatic heterocycles. The van der Waals surface area contributed by atoms with Crippen LogP contribution < -0.4 is 4.74 Å². The van der Waals surface area contributed by atoms with Gasteiger partial charge in [0.1, 0.15) is 17.3 Å². The van der Waals surface area contributed by atoms with Crippen LogP contribution in [-0.2, 0) is 28.8 Å². The molecule has 5 nitrogen and oxygen atoms in total. The molecule has 0 bridgehead atoms. The van der Waals surface area contributed by atoms with Gasteiger partial charge in [0.25, 0.3) is 0 Å². The number of oxazole rings is 1. The Hall–Kier alpha value is -3.15. The van der Waals surface area contributed by atoms with Crippen molar-refractivity contribution in [2.45, 2.75) is 53.4 Å². The number of hydrogen-bond acceptors (Lipinski definition) is 5. The Kier molecular flexibility index (Phi) is 8.03. The number of esters is 1. The summed E-state index contributed by atoms with van der Waals surface area (Å²) in [6.45, 7) is 7.82. The topological polar surface area (TPSA) is 61.6 Å². The molecule has 6 heteroatoms. The minimum absolute atomic E-state index is 0.211. The van der Waals surface area contributed by atoms with E-state index in [1.54, 1.807) is 19.9 Å². The van der Waals surface area contributed by atoms with E-state index in [1.165, 1.54) is 37.0 Å². The molecule has 32 heavy (non-hydrogen) atoms. The molecule has 0 spiro atoms. The van der Waals surface area contributed by atoms with Crippen LogP contribution in [0.2, 0.25) is 0 Å². The molecule has 1 heterocycles. The van der Waals surface area contributed by atoms with Gasteiger partial charge in [-0.2, -0.15) is 0 Å². The van der Waals surface area contributed by atoms with Gasteiger partial charge < -0.3 is 13.9 Å². The lowest BCUT2D eigenvalue weighted by Crippen LogP contribution is -2.02. The first-order chi connectivity index (χ1) is 15.4. The van der Waals surface area contributed by atoms with Gasteiger partial charge in [0.05, 0.1) is 18.9 Å². The van der Waals surface area contributed by atoms with Crippen LogP contribution in [0.4, 0.5) is 4.39 Å². The van der Waals surface area contributed by atoms with Gasteiger partial charge in [0.2, 0.25) is 5.89 Å². The first-order valence-electron chi connectivity index (χ1n) is 11.0. The van der Waals surface area contributed by atoms with E-state index in [0.717, 1.165) is 23.6 Å². The number of nitrogens with zero attached hydrogens (tertiary/aromatic N) is 1. The molecule has 3 aromatic rings. The normalized spacial score (nSPS) is 12.0. The molecule has 0 N–H and O–H groups in total. The fourth-order valence-corrected chi connectivity index (χ4v) is 3.61. The van der Waals surface area contributed by atoms with Crippen molar-refractivity contribution in [3.63, 3.8) is 0 Å². The monoisotopic (exact) mass is 439 g/mol. The highest BCUT2D eigenvalue weighted by molar-refractivity contribution is 5.65. The molecular weight excluding hydrogens is 409 g/mol. The van der Waals surface area contributed by atoms with Gasteiger partial charge in [-0.05, 0) is 81.0 Å². The van der Waals surface area contributed by atoms with E-state index >= 15 is 0 Å². The van der Waals surface area contributed by atoms with Crippen molar-refractivity contribution in [3.8, 4) is 17.2 Å². The molecule has 0 radical (unpaired) electrons. The van der Waals surface area contributed by atoms with E-state index in [4.69, 9.17) is 9.15 Å². The van der Waals surface area contributed by atoms with Crippen LogP contribution >= 0.6 is 0 Å². The third-order valence-electron chi connectivity index (χ3n) is 5.33. The number of aromatic nitrogens is 1. The van der Waals surface area contributed by atoms with Crippen molar-refractivity contribution in [3.05, 3.63) is 70.4 Å². The Balaban J connectivity index is 0.000000427. The van der Waals surface area contributed by atoms with E-state index in [0.29, 0.717) is 36.7 Å². The molecule has 1 aliphatic rings. The molecule has 0 saturated carbocycles. The van der Waals surface area contributed by atoms with Crippen molar-refractivity contribution >= 4 is 5.97 Å². The highest BCUT2D eigenvalue weighted by atomic mass is 19.1. The summed E-state index contributed by atoms with van der Waals surface area (Å²) in [5.74, 6) is 1.68. The van der Waals surface area contributed by atoms with Gasteiger partial charge >= 0.3 is 5.97 Å². The van der Waals surface area contributed by atoms with Crippen LogP contribution in [0.5, 0.6) is 5.75 Å². The smallest absolute Gasteiger partial charge is 0.302 e. The predicted octanol–water partition coefficient (Wildman–Crippen LogP) is 5.78. The molecular formula is C26H30FNO4. The number of carbonyl (C=O) groups is 1. The van der Waals surface area contributed by atoms with Gasteiger partial charge in [-0.1, -0.05) is 12.1 Å². The SMILES string of the molecule is CCOC(C)=O.Cc1ccc(-c2nc(C)c(CCOc3ccc4c(c3)CCC4)o2)cc1F. The van der Waals surface area contributed by atoms with Gasteiger partial charge in [-0.25, -0.2) is 9.37 Å². The minimum atomic E-state index is -0.250. The Morgan fingerprint density at radius 1 is 1.12 bits per heavy atom. The molecule has 0 amide bonds. The lowest BCUT2D eigenvalue weighted by atomic mass is 10.1. The predicted molar refractivity (Wildman–Crippen MR) is 121 cm³/mol. The third kappa shape index (κ3) is 6.19. The zero-order valence-corrected chi connectivity index (χ0v) is 19.2. The van der Waals surface area contributed by atoms with Gasteiger partial charge in [-0.3, -0.25) is 4.79 Å². The summed E-state index contributed by atoms with van der Waals surface area (Å²) in [4.78, 5) is 14.3. The Morgan fingerprint density at radius 3 is 2.59 bits per heavy atom. The van der Waals surface area contributed by atoms with Crippen LogP contribution in [0.3, 0.4) is 0 Å². The van der Waals surface area contributed by atoms with Crippen LogP contribution in [0, 0.1) is 19.7 Å². The van der Waals surface area contributed by atoms with Gasteiger partial charge in [-0.15, -0.1) is 0 Å². The maximum absolute atomic E-state index is 13.8. The molecule has 0 saturated heterocycles. The summed E-state index contributed by atoms with van der Waals surface area (Å²) < 4.78 is 29.9. The van der Waals surface area contributed by atoms with Crippen LogP contribution in [-0.4, -0.2) is 24.2 Å². The summed E-state index contributed by atoms with van der Waals surface area (Å²) in [5.41, 5.74) is 4.93. The van der Waals surface area contributed by atoms with E-state index in [9.17, 15) is 9.18 Å². The van der Waals surface area contributed by atoms with E-state index in [2.05, 4.69) is 21.9 Å². The molecule has 0 unspecified atom stereocenters. The molecule has 2 aromatic carbocycles. The van der Waals surface area contributed by atoms with Crippen LogP contribution in [0.15, 0.2) is 40.8 Å². The minimum Gasteiger partial charge on any atom is -0.493 e. The second-order valence-corrected chi connectivity index (χ2v) is 7.80. The van der Waals surface area contributed by atoms with E-state index in [-0.39, 0.29) is 11.8 Å². The van der Waals surface area contributed by atoms with Crippen molar-refractivity contribution in [2.24, 2.45) is 0 Å².